The summed E-state index contributed by atoms with van der Waals surface area (Å²) in [4.78, 5) is 0. The van der Waals surface area contributed by atoms with Crippen molar-refractivity contribution in [2.45, 2.75) is 6.92 Å². The Morgan fingerprint density at radius 3 is 2.12 bits per heavy atom. The van der Waals surface area contributed by atoms with Gasteiger partial charge in [-0.15, -0.1) is 20.4 Å². The Balaban J connectivity index is 0.000000640. The van der Waals surface area contributed by atoms with Crippen LogP contribution in [0.2, 0.25) is 0 Å². The summed E-state index contributed by atoms with van der Waals surface area (Å²) in [7, 11) is 0. The van der Waals surface area contributed by atoms with E-state index < -0.39 is 0 Å². The van der Waals surface area contributed by atoms with E-state index >= 15 is 0 Å². The van der Waals surface area contributed by atoms with E-state index in [2.05, 4.69) is 20.4 Å². The molecule has 5 nitrogen and oxygen atoms in total. The van der Waals surface area contributed by atoms with Crippen molar-refractivity contribution < 1.29 is 1.43 Å². The molecule has 0 fully saturated rings. The quantitative estimate of drug-likeness (QED) is 0.486. The second-order valence-electron chi connectivity index (χ2n) is 1.31. The van der Waals surface area contributed by atoms with Gasteiger partial charge in [-0.25, -0.2) is 0 Å². The molecule has 2 N–H and O–H groups in total. The molecule has 0 bridgehead atoms. The first kappa shape index (κ1) is 4.89. The predicted molar refractivity (Wildman–Crippen MR) is 28.9 cm³/mol. The third-order valence-electron chi connectivity index (χ3n) is 0.594. The molecule has 0 aliphatic carbocycles. The van der Waals surface area contributed by atoms with Gasteiger partial charge in [-0.3, -0.25) is 0 Å². The van der Waals surface area contributed by atoms with Crippen LogP contribution in [0.4, 0.5) is 5.95 Å². The average molecular weight is 113 g/mol. The standard InChI is InChI=1S/C3H5N5.H2/c1-2-5-7-3(4)8-6-2;/h1H3,(H2,4,7,8);1H. The number of aryl methyl sites for hydroxylation is 1. The Hall–Kier alpha value is -1.26. The molecule has 0 aliphatic rings. The Morgan fingerprint density at radius 2 is 1.75 bits per heavy atom. The highest BCUT2D eigenvalue weighted by Gasteiger charge is 1.86. The second-order valence-corrected chi connectivity index (χ2v) is 1.31. The maximum atomic E-state index is 5.08. The summed E-state index contributed by atoms with van der Waals surface area (Å²) in [6, 6.07) is 0. The number of nitrogens with two attached hydrogens (primary N) is 1. The Bertz CT molecular complexity index is 151. The third kappa shape index (κ3) is 0.868. The van der Waals surface area contributed by atoms with E-state index in [-0.39, 0.29) is 7.37 Å². The van der Waals surface area contributed by atoms with Gasteiger partial charge in [0.1, 0.15) is 0 Å². The molecule has 5 heteroatoms. The monoisotopic (exact) mass is 113 g/mol. The maximum Gasteiger partial charge on any atom is 0.259 e. The van der Waals surface area contributed by atoms with Gasteiger partial charge in [-0.2, -0.15) is 0 Å². The van der Waals surface area contributed by atoms with Crippen LogP contribution in [-0.4, -0.2) is 20.4 Å². The molecule has 0 saturated heterocycles. The molecule has 0 spiro atoms. The van der Waals surface area contributed by atoms with Gasteiger partial charge in [0.15, 0.2) is 5.82 Å². The maximum absolute atomic E-state index is 5.08. The van der Waals surface area contributed by atoms with Crippen LogP contribution in [0.1, 0.15) is 7.25 Å². The minimum Gasteiger partial charge on any atom is -0.365 e. The molecule has 0 aromatic carbocycles. The van der Waals surface area contributed by atoms with Crippen molar-refractivity contribution >= 4 is 5.95 Å². The summed E-state index contributed by atoms with van der Waals surface area (Å²) >= 11 is 0. The van der Waals surface area contributed by atoms with Gasteiger partial charge in [0.2, 0.25) is 0 Å². The van der Waals surface area contributed by atoms with Gasteiger partial charge in [0.05, 0.1) is 0 Å². The van der Waals surface area contributed by atoms with Crippen molar-refractivity contribution in [3.63, 3.8) is 0 Å². The van der Waals surface area contributed by atoms with Crippen molar-refractivity contribution in [1.82, 2.24) is 20.4 Å². The minimum absolute atomic E-state index is 0. The van der Waals surface area contributed by atoms with Crippen LogP contribution in [0, 0.1) is 6.92 Å². The fraction of sp³-hybridized carbons (Fsp3) is 0.333. The van der Waals surface area contributed by atoms with Crippen molar-refractivity contribution in [3.8, 4) is 0 Å². The zero-order valence-electron chi connectivity index (χ0n) is 4.37. The fourth-order valence-corrected chi connectivity index (χ4v) is 0.287. The van der Waals surface area contributed by atoms with Gasteiger partial charge >= 0.3 is 0 Å². The van der Waals surface area contributed by atoms with Crippen molar-refractivity contribution in [2.75, 3.05) is 5.73 Å². The van der Waals surface area contributed by atoms with E-state index in [9.17, 15) is 0 Å². The molecule has 0 saturated carbocycles. The van der Waals surface area contributed by atoms with Gasteiger partial charge < -0.3 is 5.73 Å². The highest BCUT2D eigenvalue weighted by molar-refractivity contribution is 5.06. The lowest BCUT2D eigenvalue weighted by Crippen LogP contribution is -2.00. The molecular formula is C3H7N5. The van der Waals surface area contributed by atoms with E-state index in [0.717, 1.165) is 0 Å². The molecule has 0 atom stereocenters. The van der Waals surface area contributed by atoms with Crippen LogP contribution in [0.5, 0.6) is 0 Å². The van der Waals surface area contributed by atoms with Gasteiger partial charge in [-0.05, 0) is 6.92 Å². The first-order valence-corrected chi connectivity index (χ1v) is 2.08. The molecule has 1 aromatic heterocycles. The Labute approximate surface area is 47.4 Å². The summed E-state index contributed by atoms with van der Waals surface area (Å²) in [6.45, 7) is 1.69. The van der Waals surface area contributed by atoms with Crippen molar-refractivity contribution in [1.29, 1.82) is 0 Å². The SMILES string of the molecule is Cc1nnc(N)nn1.[HH]. The summed E-state index contributed by atoms with van der Waals surface area (Å²) in [5.41, 5.74) is 5.08. The summed E-state index contributed by atoms with van der Waals surface area (Å²) < 4.78 is 0. The smallest absolute Gasteiger partial charge is 0.259 e. The summed E-state index contributed by atoms with van der Waals surface area (Å²) in [5, 5.41) is 13.9. The normalized spacial score (nSPS) is 9.12. The zero-order valence-corrected chi connectivity index (χ0v) is 4.37. The molecule has 8 heavy (non-hydrogen) atoms. The summed E-state index contributed by atoms with van der Waals surface area (Å²) in [5.74, 6) is 0.634. The van der Waals surface area contributed by atoms with Crippen LogP contribution < -0.4 is 5.73 Å². The van der Waals surface area contributed by atoms with E-state index in [1.54, 1.807) is 6.92 Å². The highest BCUT2D eigenvalue weighted by atomic mass is 15.3. The van der Waals surface area contributed by atoms with E-state index in [0.29, 0.717) is 5.82 Å². The molecule has 0 unspecified atom stereocenters. The molecule has 1 heterocycles. The lowest BCUT2D eigenvalue weighted by atomic mass is 10.8. The number of aromatic nitrogens is 4. The fourth-order valence-electron chi connectivity index (χ4n) is 0.287. The Morgan fingerprint density at radius 1 is 1.25 bits per heavy atom. The van der Waals surface area contributed by atoms with Crippen molar-refractivity contribution in [3.05, 3.63) is 5.82 Å². The van der Waals surface area contributed by atoms with Crippen LogP contribution in [0.3, 0.4) is 0 Å². The van der Waals surface area contributed by atoms with Gasteiger partial charge in [0.25, 0.3) is 5.95 Å². The molecule has 0 amide bonds. The van der Waals surface area contributed by atoms with Gasteiger partial charge in [0, 0.05) is 1.43 Å². The van der Waals surface area contributed by atoms with Crippen LogP contribution in [0.15, 0.2) is 0 Å². The molecular weight excluding hydrogens is 106 g/mol. The van der Waals surface area contributed by atoms with E-state index in [1.807, 2.05) is 0 Å². The molecule has 1 aromatic rings. The van der Waals surface area contributed by atoms with Gasteiger partial charge in [-0.1, -0.05) is 0 Å². The minimum atomic E-state index is 0. The number of anilines is 1. The van der Waals surface area contributed by atoms with Crippen LogP contribution in [0.25, 0.3) is 0 Å². The number of rotatable bonds is 0. The summed E-state index contributed by atoms with van der Waals surface area (Å²) in [6.07, 6.45) is 0. The number of nitrogen functional groups attached to an aromatic ring is 1. The van der Waals surface area contributed by atoms with E-state index in [1.165, 1.54) is 0 Å². The first-order chi connectivity index (χ1) is 3.79. The van der Waals surface area contributed by atoms with Crippen molar-refractivity contribution in [2.24, 2.45) is 0 Å². The third-order valence-corrected chi connectivity index (χ3v) is 0.594. The lowest BCUT2D eigenvalue weighted by molar-refractivity contribution is 0.820. The topological polar surface area (TPSA) is 77.6 Å². The second kappa shape index (κ2) is 1.69. The van der Waals surface area contributed by atoms with Crippen LogP contribution >= 0.6 is 0 Å². The Kier molecular flexibility index (Phi) is 1.03. The molecule has 44 valence electrons. The average Bonchev–Trinajstić information content (AvgIpc) is 1.77. The van der Waals surface area contributed by atoms with Crippen LogP contribution in [-0.2, 0) is 0 Å². The number of hydrogen-bond donors (Lipinski definition) is 1. The molecule has 0 aliphatic heterocycles. The highest BCUT2D eigenvalue weighted by Crippen LogP contribution is 1.80. The molecule has 0 radical (unpaired) electrons. The zero-order chi connectivity index (χ0) is 5.98. The number of nitrogens with zero attached hydrogens (tertiary/aromatic N) is 4. The largest absolute Gasteiger partial charge is 0.365 e. The first-order valence-electron chi connectivity index (χ1n) is 2.08. The van der Waals surface area contributed by atoms with E-state index in [4.69, 9.17) is 5.73 Å². The molecule has 1 rings (SSSR count). The lowest BCUT2D eigenvalue weighted by Gasteiger charge is -1.85. The number of hydrogen-bond acceptors (Lipinski definition) is 5. The predicted octanol–water partition coefficient (Wildman–Crippen LogP) is -0.597.